The quantitative estimate of drug-likeness (QED) is 0.615. The standard InChI is InChI=1S/C23H31N3O4/c1-15(2)29-23-21(28-5)22(24-14-25-23)26-11-10-20(13-26)30-19-8-6-18(7-9-19)16(3)12-17(4)27/h6-9,14-16,20H,10-13H2,1-5H3/t16-,20-/m1/s1. The minimum atomic E-state index is -0.00236. The molecular formula is C23H31N3O4. The molecule has 0 saturated carbocycles. The summed E-state index contributed by atoms with van der Waals surface area (Å²) in [4.78, 5) is 22.1. The van der Waals surface area contributed by atoms with Gasteiger partial charge >= 0.3 is 0 Å². The highest BCUT2D eigenvalue weighted by Crippen LogP contribution is 2.36. The second kappa shape index (κ2) is 9.78. The molecule has 0 bridgehead atoms. The first-order valence-corrected chi connectivity index (χ1v) is 10.4. The first kappa shape index (κ1) is 21.9. The lowest BCUT2D eigenvalue weighted by atomic mass is 9.96. The molecule has 2 atom stereocenters. The normalized spacial score (nSPS) is 17.1. The first-order valence-electron chi connectivity index (χ1n) is 10.4. The molecule has 0 amide bonds. The first-order chi connectivity index (χ1) is 14.4. The summed E-state index contributed by atoms with van der Waals surface area (Å²) in [5.41, 5.74) is 1.15. The van der Waals surface area contributed by atoms with Crippen LogP contribution in [0.1, 0.15) is 52.0 Å². The molecule has 7 heteroatoms. The van der Waals surface area contributed by atoms with Gasteiger partial charge in [-0.3, -0.25) is 0 Å². The molecule has 0 spiro atoms. The third-order valence-electron chi connectivity index (χ3n) is 5.09. The molecule has 30 heavy (non-hydrogen) atoms. The van der Waals surface area contributed by atoms with Crippen LogP contribution in [0.4, 0.5) is 5.82 Å². The summed E-state index contributed by atoms with van der Waals surface area (Å²) in [5, 5.41) is 0. The van der Waals surface area contributed by atoms with Gasteiger partial charge in [-0.15, -0.1) is 0 Å². The summed E-state index contributed by atoms with van der Waals surface area (Å²) in [5.74, 6) is 2.98. The highest BCUT2D eigenvalue weighted by molar-refractivity contribution is 5.76. The lowest BCUT2D eigenvalue weighted by Crippen LogP contribution is -2.26. The number of hydrogen-bond acceptors (Lipinski definition) is 7. The van der Waals surface area contributed by atoms with E-state index in [1.165, 1.54) is 6.33 Å². The molecule has 1 fully saturated rings. The van der Waals surface area contributed by atoms with Crippen molar-refractivity contribution in [2.75, 3.05) is 25.1 Å². The smallest absolute Gasteiger partial charge is 0.262 e. The second-order valence-corrected chi connectivity index (χ2v) is 8.05. The Bertz CT molecular complexity index is 854. The van der Waals surface area contributed by atoms with E-state index in [1.807, 2.05) is 38.1 Å². The maximum atomic E-state index is 11.3. The average Bonchev–Trinajstić information content (AvgIpc) is 3.15. The van der Waals surface area contributed by atoms with Crippen LogP contribution in [-0.4, -0.2) is 48.2 Å². The van der Waals surface area contributed by atoms with Gasteiger partial charge in [0, 0.05) is 19.4 Å². The van der Waals surface area contributed by atoms with Gasteiger partial charge in [0.15, 0.2) is 5.82 Å². The Balaban J connectivity index is 1.64. The van der Waals surface area contributed by atoms with Gasteiger partial charge in [-0.1, -0.05) is 19.1 Å². The molecule has 1 saturated heterocycles. The van der Waals surface area contributed by atoms with Crippen molar-refractivity contribution >= 4 is 11.6 Å². The predicted molar refractivity (Wildman–Crippen MR) is 116 cm³/mol. The van der Waals surface area contributed by atoms with Crippen molar-refractivity contribution in [3.05, 3.63) is 36.2 Å². The van der Waals surface area contributed by atoms with Crippen LogP contribution in [0.5, 0.6) is 17.4 Å². The summed E-state index contributed by atoms with van der Waals surface area (Å²) in [6.07, 6.45) is 3.00. The molecule has 1 aliphatic rings. The Morgan fingerprint density at radius 3 is 2.57 bits per heavy atom. The second-order valence-electron chi connectivity index (χ2n) is 8.05. The molecule has 3 rings (SSSR count). The zero-order chi connectivity index (χ0) is 21.7. The van der Waals surface area contributed by atoms with Gasteiger partial charge in [-0.25, -0.2) is 4.98 Å². The fourth-order valence-corrected chi connectivity index (χ4v) is 3.69. The topological polar surface area (TPSA) is 73.8 Å². The minimum absolute atomic E-state index is 0.00236. The molecule has 0 radical (unpaired) electrons. The van der Waals surface area contributed by atoms with Crippen LogP contribution in [0.25, 0.3) is 0 Å². The van der Waals surface area contributed by atoms with E-state index < -0.39 is 0 Å². The molecule has 0 aliphatic carbocycles. The van der Waals surface area contributed by atoms with Crippen molar-refractivity contribution in [1.29, 1.82) is 0 Å². The number of aromatic nitrogens is 2. The van der Waals surface area contributed by atoms with Crippen molar-refractivity contribution < 1.29 is 19.0 Å². The maximum Gasteiger partial charge on any atom is 0.262 e. The number of ether oxygens (including phenoxy) is 3. The molecule has 162 valence electrons. The number of rotatable bonds is 9. The molecule has 2 heterocycles. The van der Waals surface area contributed by atoms with Crippen LogP contribution in [0, 0.1) is 0 Å². The number of Topliss-reactive ketones (excluding diaryl/α,β-unsaturated/α-hetero) is 1. The third kappa shape index (κ3) is 5.40. The van der Waals surface area contributed by atoms with Crippen LogP contribution < -0.4 is 19.1 Å². The number of nitrogens with zero attached hydrogens (tertiary/aromatic N) is 3. The van der Waals surface area contributed by atoms with Gasteiger partial charge in [0.1, 0.15) is 24.0 Å². The molecule has 0 unspecified atom stereocenters. The van der Waals surface area contributed by atoms with Gasteiger partial charge < -0.3 is 23.9 Å². The van der Waals surface area contributed by atoms with E-state index in [1.54, 1.807) is 14.0 Å². The number of benzene rings is 1. The van der Waals surface area contributed by atoms with Gasteiger partial charge in [-0.2, -0.15) is 4.98 Å². The lowest BCUT2D eigenvalue weighted by molar-refractivity contribution is -0.117. The van der Waals surface area contributed by atoms with Crippen molar-refractivity contribution in [3.63, 3.8) is 0 Å². The lowest BCUT2D eigenvalue weighted by Gasteiger charge is -2.21. The Hall–Kier alpha value is -2.83. The van der Waals surface area contributed by atoms with Crippen LogP contribution in [0.2, 0.25) is 0 Å². The summed E-state index contributed by atoms with van der Waals surface area (Å²) in [6, 6.07) is 8.04. The van der Waals surface area contributed by atoms with E-state index in [0.717, 1.165) is 30.1 Å². The van der Waals surface area contributed by atoms with E-state index in [-0.39, 0.29) is 23.9 Å². The fourth-order valence-electron chi connectivity index (χ4n) is 3.69. The van der Waals surface area contributed by atoms with Gasteiger partial charge in [0.2, 0.25) is 5.75 Å². The molecular weight excluding hydrogens is 382 g/mol. The van der Waals surface area contributed by atoms with Crippen LogP contribution >= 0.6 is 0 Å². The van der Waals surface area contributed by atoms with Crippen LogP contribution in [0.3, 0.4) is 0 Å². The van der Waals surface area contributed by atoms with E-state index in [9.17, 15) is 4.79 Å². The van der Waals surface area contributed by atoms with Gasteiger partial charge in [-0.05, 0) is 44.4 Å². The fraction of sp³-hybridized carbons (Fsp3) is 0.522. The van der Waals surface area contributed by atoms with Crippen molar-refractivity contribution in [3.8, 4) is 17.4 Å². The van der Waals surface area contributed by atoms with E-state index >= 15 is 0 Å². The van der Waals surface area contributed by atoms with E-state index in [4.69, 9.17) is 14.2 Å². The summed E-state index contributed by atoms with van der Waals surface area (Å²) in [7, 11) is 1.61. The largest absolute Gasteiger partial charge is 0.489 e. The van der Waals surface area contributed by atoms with Crippen LogP contribution in [0.15, 0.2) is 30.6 Å². The number of ketones is 1. The maximum absolute atomic E-state index is 11.3. The number of anilines is 1. The zero-order valence-electron chi connectivity index (χ0n) is 18.4. The minimum Gasteiger partial charge on any atom is -0.489 e. The molecule has 1 aromatic heterocycles. The van der Waals surface area contributed by atoms with Crippen molar-refractivity contribution in [2.24, 2.45) is 0 Å². The summed E-state index contributed by atoms with van der Waals surface area (Å²) in [6.45, 7) is 9.12. The van der Waals surface area contributed by atoms with Crippen molar-refractivity contribution in [1.82, 2.24) is 9.97 Å². The molecule has 1 aliphatic heterocycles. The molecule has 0 N–H and O–H groups in total. The summed E-state index contributed by atoms with van der Waals surface area (Å²) < 4.78 is 17.5. The SMILES string of the molecule is COc1c(OC(C)C)ncnc1N1CC[C@@H](Oc2ccc([C@H](C)CC(C)=O)cc2)C1. The van der Waals surface area contributed by atoms with E-state index in [0.29, 0.717) is 24.6 Å². The highest BCUT2D eigenvalue weighted by Gasteiger charge is 2.29. The molecule has 1 aromatic carbocycles. The highest BCUT2D eigenvalue weighted by atomic mass is 16.5. The Morgan fingerprint density at radius 1 is 1.20 bits per heavy atom. The summed E-state index contributed by atoms with van der Waals surface area (Å²) >= 11 is 0. The van der Waals surface area contributed by atoms with Crippen LogP contribution in [-0.2, 0) is 4.79 Å². The Morgan fingerprint density at radius 2 is 1.93 bits per heavy atom. The Kier molecular flexibility index (Phi) is 7.13. The van der Waals surface area contributed by atoms with E-state index in [2.05, 4.69) is 21.8 Å². The number of carbonyl (C=O) groups is 1. The zero-order valence-corrected chi connectivity index (χ0v) is 18.4. The predicted octanol–water partition coefficient (Wildman–Crippen LogP) is 4.01. The molecule has 7 nitrogen and oxygen atoms in total. The number of methoxy groups -OCH3 is 1. The Labute approximate surface area is 178 Å². The van der Waals surface area contributed by atoms with Gasteiger partial charge in [0.05, 0.1) is 19.8 Å². The third-order valence-corrected chi connectivity index (χ3v) is 5.09. The number of hydrogen-bond donors (Lipinski definition) is 0. The molecule has 2 aromatic rings. The average molecular weight is 414 g/mol. The van der Waals surface area contributed by atoms with Crippen molar-refractivity contribution in [2.45, 2.75) is 58.7 Å². The monoisotopic (exact) mass is 413 g/mol. The van der Waals surface area contributed by atoms with Gasteiger partial charge in [0.25, 0.3) is 5.88 Å². The number of carbonyl (C=O) groups excluding carboxylic acids is 1.